The number of anilines is 2. The van der Waals surface area contributed by atoms with Gasteiger partial charge in [0.1, 0.15) is 15.8 Å². The van der Waals surface area contributed by atoms with E-state index >= 15 is 0 Å². The van der Waals surface area contributed by atoms with Gasteiger partial charge < -0.3 is 14.9 Å². The molecule has 1 N–H and O–H groups in total. The van der Waals surface area contributed by atoms with Crippen LogP contribution < -0.4 is 15.4 Å². The number of hydrogen-bond acceptors (Lipinski definition) is 8. The molecule has 5 rings (SSSR count). The molecular formula is C27H26ClN5O4S2. The van der Waals surface area contributed by atoms with Gasteiger partial charge in [0.25, 0.3) is 11.5 Å². The van der Waals surface area contributed by atoms with Crippen LogP contribution >= 0.6 is 35.6 Å². The fraction of sp³-hybridized carbons (Fsp3) is 0.296. The van der Waals surface area contributed by atoms with Crippen LogP contribution in [0.3, 0.4) is 0 Å². The first-order valence-electron chi connectivity index (χ1n) is 12.5. The van der Waals surface area contributed by atoms with Gasteiger partial charge in [-0.1, -0.05) is 47.7 Å². The number of carboxylic acids is 1. The molecule has 2 saturated heterocycles. The van der Waals surface area contributed by atoms with Crippen LogP contribution in [0.4, 0.5) is 11.5 Å². The van der Waals surface area contributed by atoms with Gasteiger partial charge in [-0.2, -0.15) is 0 Å². The molecule has 2 aliphatic heterocycles. The number of amides is 1. The summed E-state index contributed by atoms with van der Waals surface area (Å²) < 4.78 is 1.85. The first kappa shape index (κ1) is 27.2. The molecule has 3 aromatic rings. The van der Waals surface area contributed by atoms with E-state index in [-0.39, 0.29) is 30.9 Å². The second kappa shape index (κ2) is 11.4. The minimum Gasteiger partial charge on any atom is -0.481 e. The third-order valence-electron chi connectivity index (χ3n) is 6.66. The zero-order valence-electron chi connectivity index (χ0n) is 21.2. The van der Waals surface area contributed by atoms with Crippen molar-refractivity contribution in [3.8, 4) is 0 Å². The number of rotatable bonds is 7. The second-order valence-corrected chi connectivity index (χ2v) is 11.5. The monoisotopic (exact) mass is 583 g/mol. The highest BCUT2D eigenvalue weighted by Gasteiger charge is 2.33. The van der Waals surface area contributed by atoms with Crippen molar-refractivity contribution in [1.29, 1.82) is 0 Å². The van der Waals surface area contributed by atoms with Gasteiger partial charge in [0, 0.05) is 56.1 Å². The summed E-state index contributed by atoms with van der Waals surface area (Å²) in [6.07, 6.45) is 3.55. The van der Waals surface area contributed by atoms with Crippen LogP contribution in [0.15, 0.2) is 52.3 Å². The maximum absolute atomic E-state index is 13.8. The molecule has 2 aliphatic rings. The third kappa shape index (κ3) is 5.80. The number of nitrogens with zero attached hydrogens (tertiary/aromatic N) is 5. The van der Waals surface area contributed by atoms with Crippen LogP contribution in [0.5, 0.6) is 0 Å². The smallest absolute Gasteiger partial charge is 0.303 e. The van der Waals surface area contributed by atoms with Crippen LogP contribution in [-0.2, 0) is 9.59 Å². The predicted octanol–water partition coefficient (Wildman–Crippen LogP) is 4.05. The van der Waals surface area contributed by atoms with Crippen molar-refractivity contribution in [3.63, 3.8) is 0 Å². The molecular weight excluding hydrogens is 558 g/mol. The number of thioether (sulfide) groups is 1. The van der Waals surface area contributed by atoms with E-state index in [4.69, 9.17) is 33.9 Å². The standard InChI is InChI=1S/C27H26ClN5O4S2/c1-17-7-8-22-29-24(31-12-10-30(11-13-31)19-5-2-4-18(28)14-19)20(25(36)33(22)16-17)15-21-26(37)32(27(38)39-21)9-3-6-23(34)35/h2,4-5,7-8,14-16H,3,6,9-13H2,1H3,(H,34,35)/b21-15-. The fourth-order valence-corrected chi connectivity index (χ4v) is 6.15. The number of hydrogen-bond donors (Lipinski definition) is 1. The molecule has 9 nitrogen and oxygen atoms in total. The lowest BCUT2D eigenvalue weighted by Gasteiger charge is -2.37. The van der Waals surface area contributed by atoms with Crippen molar-refractivity contribution in [2.24, 2.45) is 0 Å². The summed E-state index contributed by atoms with van der Waals surface area (Å²) in [4.78, 5) is 48.7. The summed E-state index contributed by atoms with van der Waals surface area (Å²) in [7, 11) is 0. The highest BCUT2D eigenvalue weighted by molar-refractivity contribution is 8.26. The molecule has 1 aromatic carbocycles. The number of carboxylic acid groups (broad SMARTS) is 1. The zero-order valence-corrected chi connectivity index (χ0v) is 23.6. The predicted molar refractivity (Wildman–Crippen MR) is 159 cm³/mol. The highest BCUT2D eigenvalue weighted by atomic mass is 35.5. The third-order valence-corrected chi connectivity index (χ3v) is 8.27. The largest absolute Gasteiger partial charge is 0.481 e. The van der Waals surface area contributed by atoms with Crippen molar-refractivity contribution in [3.05, 3.63) is 74.0 Å². The van der Waals surface area contributed by atoms with E-state index < -0.39 is 5.97 Å². The molecule has 2 aromatic heterocycles. The molecule has 0 spiro atoms. The topological polar surface area (TPSA) is 98.5 Å². The van der Waals surface area contributed by atoms with E-state index in [9.17, 15) is 14.4 Å². The van der Waals surface area contributed by atoms with Gasteiger partial charge in [-0.15, -0.1) is 0 Å². The number of carbonyl (C=O) groups excluding carboxylic acids is 1. The first-order chi connectivity index (χ1) is 18.7. The molecule has 0 unspecified atom stereocenters. The van der Waals surface area contributed by atoms with E-state index in [1.54, 1.807) is 12.3 Å². The number of benzene rings is 1. The van der Waals surface area contributed by atoms with Gasteiger partial charge in [0.2, 0.25) is 0 Å². The highest BCUT2D eigenvalue weighted by Crippen LogP contribution is 2.34. The van der Waals surface area contributed by atoms with Crippen LogP contribution in [0.2, 0.25) is 5.02 Å². The molecule has 0 radical (unpaired) electrons. The Hall–Kier alpha value is -3.41. The van der Waals surface area contributed by atoms with Crippen molar-refractivity contribution in [2.45, 2.75) is 19.8 Å². The van der Waals surface area contributed by atoms with E-state index in [0.29, 0.717) is 57.5 Å². The minimum absolute atomic E-state index is 0.0588. The van der Waals surface area contributed by atoms with Crippen molar-refractivity contribution < 1.29 is 14.7 Å². The van der Waals surface area contributed by atoms with Gasteiger partial charge in [-0.3, -0.25) is 23.7 Å². The van der Waals surface area contributed by atoms with Gasteiger partial charge in [0.05, 0.1) is 10.5 Å². The Morgan fingerprint density at radius 3 is 2.62 bits per heavy atom. The molecule has 0 bridgehead atoms. The van der Waals surface area contributed by atoms with Gasteiger partial charge in [0.15, 0.2) is 0 Å². The Balaban J connectivity index is 1.48. The van der Waals surface area contributed by atoms with Crippen LogP contribution in [-0.4, -0.2) is 68.3 Å². The lowest BCUT2D eigenvalue weighted by atomic mass is 10.2. The number of aryl methyl sites for hydroxylation is 1. The molecule has 0 atom stereocenters. The first-order valence-corrected chi connectivity index (χ1v) is 14.1. The molecule has 202 valence electrons. The summed E-state index contributed by atoms with van der Waals surface area (Å²) in [5.74, 6) is -0.742. The minimum atomic E-state index is -0.929. The Kier molecular flexibility index (Phi) is 7.92. The normalized spacial score (nSPS) is 17.1. The molecule has 1 amide bonds. The van der Waals surface area contributed by atoms with Gasteiger partial charge in [-0.05, 0) is 49.2 Å². The Morgan fingerprint density at radius 1 is 1.15 bits per heavy atom. The molecule has 12 heteroatoms. The second-order valence-electron chi connectivity index (χ2n) is 9.37. The average molecular weight is 584 g/mol. The summed E-state index contributed by atoms with van der Waals surface area (Å²) in [6.45, 7) is 4.77. The number of piperazine rings is 1. The molecule has 0 aliphatic carbocycles. The zero-order chi connectivity index (χ0) is 27.7. The number of carbonyl (C=O) groups is 2. The molecule has 39 heavy (non-hydrogen) atoms. The molecule has 4 heterocycles. The van der Waals surface area contributed by atoms with Crippen molar-refractivity contribution in [1.82, 2.24) is 14.3 Å². The number of halogens is 1. The Labute approximate surface area is 239 Å². The molecule has 0 saturated carbocycles. The van der Waals surface area contributed by atoms with E-state index in [2.05, 4.69) is 9.80 Å². The Bertz CT molecular complexity index is 1570. The van der Waals surface area contributed by atoms with Crippen LogP contribution in [0, 0.1) is 6.92 Å². The number of pyridine rings is 1. The summed E-state index contributed by atoms with van der Waals surface area (Å²) >= 11 is 12.7. The molecule has 2 fully saturated rings. The SMILES string of the molecule is Cc1ccc2nc(N3CCN(c4cccc(Cl)c4)CC3)c(/C=C3\SC(=S)N(CCCC(=O)O)C3=O)c(=O)n2c1. The fourth-order valence-electron chi connectivity index (χ4n) is 4.68. The lowest BCUT2D eigenvalue weighted by Crippen LogP contribution is -2.47. The maximum Gasteiger partial charge on any atom is 0.303 e. The van der Waals surface area contributed by atoms with E-state index in [1.807, 2.05) is 43.3 Å². The maximum atomic E-state index is 13.8. The summed E-state index contributed by atoms with van der Waals surface area (Å²) in [6, 6.07) is 11.4. The lowest BCUT2D eigenvalue weighted by molar-refractivity contribution is -0.137. The van der Waals surface area contributed by atoms with Gasteiger partial charge in [-0.25, -0.2) is 4.98 Å². The number of fused-ring (bicyclic) bond motifs is 1. The van der Waals surface area contributed by atoms with Crippen LogP contribution in [0.1, 0.15) is 24.0 Å². The summed E-state index contributed by atoms with van der Waals surface area (Å²) in [5.41, 5.74) is 2.52. The summed E-state index contributed by atoms with van der Waals surface area (Å²) in [5, 5.41) is 9.62. The van der Waals surface area contributed by atoms with Crippen LogP contribution in [0.25, 0.3) is 11.7 Å². The quantitative estimate of drug-likeness (QED) is 0.326. The number of thiocarbonyl (C=S) groups is 1. The van der Waals surface area contributed by atoms with E-state index in [0.717, 1.165) is 23.0 Å². The van der Waals surface area contributed by atoms with Crippen molar-refractivity contribution in [2.75, 3.05) is 42.5 Å². The van der Waals surface area contributed by atoms with E-state index in [1.165, 1.54) is 9.30 Å². The average Bonchev–Trinajstić information content (AvgIpc) is 3.18. The van der Waals surface area contributed by atoms with Crippen molar-refractivity contribution >= 4 is 75.0 Å². The Morgan fingerprint density at radius 2 is 1.90 bits per heavy atom. The number of aliphatic carboxylic acids is 1. The number of aromatic nitrogens is 2. The van der Waals surface area contributed by atoms with Gasteiger partial charge >= 0.3 is 5.97 Å².